The molecule has 1 heterocycles. The van der Waals surface area contributed by atoms with Gasteiger partial charge in [0.15, 0.2) is 5.82 Å². The largest absolute Gasteiger partial charge is 0.497 e. The lowest BCUT2D eigenvalue weighted by Crippen LogP contribution is -2.24. The molecule has 7 heteroatoms. The Morgan fingerprint density at radius 3 is 2.73 bits per heavy atom. The summed E-state index contributed by atoms with van der Waals surface area (Å²) in [5, 5.41) is 10.6. The number of nitrogens with zero attached hydrogens (tertiary/aromatic N) is 2. The lowest BCUT2D eigenvalue weighted by atomic mass is 10.1. The molecule has 0 saturated carbocycles. The molecule has 2 aromatic carbocycles. The van der Waals surface area contributed by atoms with Crippen LogP contribution in [-0.4, -0.2) is 30.3 Å². The SMILES string of the molecule is CNC(C)Cc1noc(-c2ccccc2Nc2cccc(OC)c2)n1.Cl. The molecule has 0 spiro atoms. The minimum absolute atomic E-state index is 0. The molecule has 0 aliphatic heterocycles. The Labute approximate surface area is 159 Å². The van der Waals surface area contributed by atoms with Gasteiger partial charge in [0.1, 0.15) is 5.75 Å². The molecule has 0 saturated heterocycles. The number of para-hydroxylation sites is 1. The van der Waals surface area contributed by atoms with Crippen molar-refractivity contribution in [3.63, 3.8) is 0 Å². The van der Waals surface area contributed by atoms with E-state index in [-0.39, 0.29) is 18.4 Å². The van der Waals surface area contributed by atoms with E-state index in [4.69, 9.17) is 9.26 Å². The molecule has 0 fully saturated rings. The number of rotatable bonds is 7. The van der Waals surface area contributed by atoms with Crippen LogP contribution >= 0.6 is 12.4 Å². The zero-order valence-corrected chi connectivity index (χ0v) is 15.8. The molecule has 1 atom stereocenters. The van der Waals surface area contributed by atoms with Gasteiger partial charge in [-0.05, 0) is 38.2 Å². The third kappa shape index (κ3) is 4.74. The molecule has 26 heavy (non-hydrogen) atoms. The fraction of sp³-hybridized carbons (Fsp3) is 0.263. The van der Waals surface area contributed by atoms with Crippen molar-refractivity contribution in [2.45, 2.75) is 19.4 Å². The molecule has 0 radical (unpaired) electrons. The fourth-order valence-corrected chi connectivity index (χ4v) is 2.46. The first-order valence-corrected chi connectivity index (χ1v) is 8.20. The molecule has 138 valence electrons. The summed E-state index contributed by atoms with van der Waals surface area (Å²) in [6.07, 6.45) is 0.714. The molecule has 1 unspecified atom stereocenters. The minimum atomic E-state index is 0. The molecule has 0 aliphatic carbocycles. The first kappa shape index (κ1) is 19.8. The van der Waals surface area contributed by atoms with Gasteiger partial charge in [-0.2, -0.15) is 4.98 Å². The van der Waals surface area contributed by atoms with E-state index < -0.39 is 0 Å². The van der Waals surface area contributed by atoms with E-state index in [1.54, 1.807) is 7.11 Å². The molecule has 6 nitrogen and oxygen atoms in total. The second-order valence-corrected chi connectivity index (χ2v) is 5.81. The highest BCUT2D eigenvalue weighted by Gasteiger charge is 2.14. The number of halogens is 1. The van der Waals surface area contributed by atoms with Crippen molar-refractivity contribution in [3.8, 4) is 17.2 Å². The van der Waals surface area contributed by atoms with Crippen LogP contribution in [0, 0.1) is 0 Å². The van der Waals surface area contributed by atoms with Gasteiger partial charge < -0.3 is 19.9 Å². The van der Waals surface area contributed by atoms with Gasteiger partial charge in [-0.25, -0.2) is 0 Å². The van der Waals surface area contributed by atoms with Crippen LogP contribution in [0.5, 0.6) is 5.75 Å². The molecule has 0 bridgehead atoms. The highest BCUT2D eigenvalue weighted by Crippen LogP contribution is 2.30. The smallest absolute Gasteiger partial charge is 0.260 e. The van der Waals surface area contributed by atoms with Crippen molar-refractivity contribution in [1.82, 2.24) is 15.5 Å². The highest BCUT2D eigenvalue weighted by atomic mass is 35.5. The lowest BCUT2D eigenvalue weighted by Gasteiger charge is -2.10. The van der Waals surface area contributed by atoms with Crippen molar-refractivity contribution >= 4 is 23.8 Å². The van der Waals surface area contributed by atoms with E-state index in [0.717, 1.165) is 22.7 Å². The van der Waals surface area contributed by atoms with Crippen molar-refractivity contribution in [3.05, 3.63) is 54.4 Å². The molecule has 3 rings (SSSR count). The quantitative estimate of drug-likeness (QED) is 0.649. The molecule has 2 N–H and O–H groups in total. The topological polar surface area (TPSA) is 72.2 Å². The fourth-order valence-electron chi connectivity index (χ4n) is 2.46. The van der Waals surface area contributed by atoms with Crippen LogP contribution in [0.4, 0.5) is 11.4 Å². The van der Waals surface area contributed by atoms with Crippen molar-refractivity contribution in [2.75, 3.05) is 19.5 Å². The Kier molecular flexibility index (Phi) is 7.00. The normalized spacial score (nSPS) is 11.5. The number of aromatic nitrogens is 2. The van der Waals surface area contributed by atoms with Crippen LogP contribution in [0.1, 0.15) is 12.7 Å². The Balaban J connectivity index is 0.00000243. The molecular formula is C19H23ClN4O2. The maximum Gasteiger partial charge on any atom is 0.260 e. The van der Waals surface area contributed by atoms with Gasteiger partial charge in [-0.15, -0.1) is 12.4 Å². The Morgan fingerprint density at radius 1 is 1.15 bits per heavy atom. The third-order valence-electron chi connectivity index (χ3n) is 3.96. The van der Waals surface area contributed by atoms with Crippen LogP contribution in [-0.2, 0) is 6.42 Å². The number of likely N-dealkylation sites (N-methyl/N-ethyl adjacent to an activating group) is 1. The summed E-state index contributed by atoms with van der Waals surface area (Å²) in [6.45, 7) is 2.08. The van der Waals surface area contributed by atoms with Gasteiger partial charge in [0, 0.05) is 24.2 Å². The van der Waals surface area contributed by atoms with Gasteiger partial charge in [0.2, 0.25) is 0 Å². The van der Waals surface area contributed by atoms with E-state index in [1.165, 1.54) is 0 Å². The van der Waals surface area contributed by atoms with Crippen molar-refractivity contribution in [1.29, 1.82) is 0 Å². The van der Waals surface area contributed by atoms with Gasteiger partial charge in [-0.3, -0.25) is 0 Å². The van der Waals surface area contributed by atoms with Crippen LogP contribution < -0.4 is 15.4 Å². The van der Waals surface area contributed by atoms with E-state index >= 15 is 0 Å². The van der Waals surface area contributed by atoms with Crippen molar-refractivity contribution < 1.29 is 9.26 Å². The summed E-state index contributed by atoms with van der Waals surface area (Å²) >= 11 is 0. The molecular weight excluding hydrogens is 352 g/mol. The van der Waals surface area contributed by atoms with E-state index in [0.29, 0.717) is 18.1 Å². The number of hydrogen-bond donors (Lipinski definition) is 2. The van der Waals surface area contributed by atoms with Gasteiger partial charge >= 0.3 is 0 Å². The predicted octanol–water partition coefficient (Wildman–Crippen LogP) is 4.06. The summed E-state index contributed by atoms with van der Waals surface area (Å²) in [7, 11) is 3.57. The monoisotopic (exact) mass is 374 g/mol. The zero-order chi connectivity index (χ0) is 17.6. The van der Waals surface area contributed by atoms with E-state index in [1.807, 2.05) is 55.6 Å². The average Bonchev–Trinajstić information content (AvgIpc) is 3.10. The highest BCUT2D eigenvalue weighted by molar-refractivity contribution is 5.85. The minimum Gasteiger partial charge on any atom is -0.497 e. The molecule has 0 amide bonds. The summed E-state index contributed by atoms with van der Waals surface area (Å²) in [5.41, 5.74) is 2.68. The molecule has 0 aliphatic rings. The first-order valence-electron chi connectivity index (χ1n) is 8.20. The summed E-state index contributed by atoms with van der Waals surface area (Å²) in [6, 6.07) is 15.9. The zero-order valence-electron chi connectivity index (χ0n) is 15.0. The second-order valence-electron chi connectivity index (χ2n) is 5.81. The number of ether oxygens (including phenoxy) is 1. The average molecular weight is 375 g/mol. The van der Waals surface area contributed by atoms with E-state index in [9.17, 15) is 0 Å². The standard InChI is InChI=1S/C19H22N4O2.ClH/c1-13(20-2)11-18-22-19(25-23-18)16-9-4-5-10-17(16)21-14-7-6-8-15(12-14)24-3;/h4-10,12-13,20-21H,11H2,1-3H3;1H. The molecule has 3 aromatic rings. The van der Waals surface area contributed by atoms with Crippen LogP contribution in [0.25, 0.3) is 11.5 Å². The maximum atomic E-state index is 5.47. The number of anilines is 2. The number of nitrogens with one attached hydrogen (secondary N) is 2. The molecule has 1 aromatic heterocycles. The predicted molar refractivity (Wildman–Crippen MR) is 105 cm³/mol. The number of benzene rings is 2. The number of methoxy groups -OCH3 is 1. The summed E-state index contributed by atoms with van der Waals surface area (Å²) in [5.74, 6) is 1.99. The number of hydrogen-bond acceptors (Lipinski definition) is 6. The second kappa shape index (κ2) is 9.22. The lowest BCUT2D eigenvalue weighted by molar-refractivity contribution is 0.415. The Bertz CT molecular complexity index is 838. The first-order chi connectivity index (χ1) is 12.2. The Hall–Kier alpha value is -2.57. The van der Waals surface area contributed by atoms with Crippen LogP contribution in [0.3, 0.4) is 0 Å². The Morgan fingerprint density at radius 2 is 1.96 bits per heavy atom. The van der Waals surface area contributed by atoms with Gasteiger partial charge in [0.05, 0.1) is 18.4 Å². The van der Waals surface area contributed by atoms with Crippen LogP contribution in [0.2, 0.25) is 0 Å². The van der Waals surface area contributed by atoms with Crippen molar-refractivity contribution in [2.24, 2.45) is 0 Å². The van der Waals surface area contributed by atoms with Gasteiger partial charge in [0.25, 0.3) is 5.89 Å². The van der Waals surface area contributed by atoms with Crippen LogP contribution in [0.15, 0.2) is 53.1 Å². The summed E-state index contributed by atoms with van der Waals surface area (Å²) in [4.78, 5) is 4.52. The third-order valence-corrected chi connectivity index (χ3v) is 3.96. The summed E-state index contributed by atoms with van der Waals surface area (Å²) < 4.78 is 10.7. The van der Waals surface area contributed by atoms with Gasteiger partial charge in [-0.1, -0.05) is 23.4 Å². The van der Waals surface area contributed by atoms with E-state index in [2.05, 4.69) is 27.7 Å². The maximum absolute atomic E-state index is 5.47.